The molecule has 0 aromatic carbocycles. The van der Waals surface area contributed by atoms with Gasteiger partial charge in [0.25, 0.3) is 5.91 Å². The van der Waals surface area contributed by atoms with Gasteiger partial charge < -0.3 is 14.6 Å². The molecule has 8 nitrogen and oxygen atoms in total. The van der Waals surface area contributed by atoms with Gasteiger partial charge in [-0.1, -0.05) is 12.1 Å². The van der Waals surface area contributed by atoms with E-state index in [4.69, 9.17) is 9.26 Å². The molecule has 124 valence electrons. The Kier molecular flexibility index (Phi) is 4.73. The number of amides is 1. The molecule has 0 aliphatic carbocycles. The Morgan fingerprint density at radius 1 is 1.52 bits per heavy atom. The standard InChI is InChI=1S/C15H21N5O3/c1-3-20-5-7-22-13(14(20)11-8-17-19(2)10-11)9-16-15(21)12-4-6-23-18-12/h4,6,8,10,13-14H,3,5,7,9H2,1-2H3,(H,16,21)/t13-,14-/m0/s1. The maximum absolute atomic E-state index is 12.0. The summed E-state index contributed by atoms with van der Waals surface area (Å²) in [6.45, 7) is 4.96. The molecule has 8 heteroatoms. The number of likely N-dealkylation sites (N-methyl/N-ethyl adjacent to an activating group) is 1. The van der Waals surface area contributed by atoms with E-state index in [-0.39, 0.29) is 23.7 Å². The van der Waals surface area contributed by atoms with Gasteiger partial charge in [0.05, 0.1) is 24.9 Å². The largest absolute Gasteiger partial charge is 0.373 e. The minimum Gasteiger partial charge on any atom is -0.373 e. The number of hydrogen-bond acceptors (Lipinski definition) is 6. The molecule has 1 amide bonds. The summed E-state index contributed by atoms with van der Waals surface area (Å²) in [6, 6.07) is 1.61. The van der Waals surface area contributed by atoms with Crippen LogP contribution >= 0.6 is 0 Å². The van der Waals surface area contributed by atoms with Crippen molar-refractivity contribution >= 4 is 5.91 Å². The molecule has 23 heavy (non-hydrogen) atoms. The van der Waals surface area contributed by atoms with Crippen LogP contribution in [0.25, 0.3) is 0 Å². The van der Waals surface area contributed by atoms with E-state index in [9.17, 15) is 4.79 Å². The van der Waals surface area contributed by atoms with E-state index in [0.717, 1.165) is 18.7 Å². The van der Waals surface area contributed by atoms with E-state index < -0.39 is 0 Å². The number of morpholine rings is 1. The molecular weight excluding hydrogens is 298 g/mol. The maximum Gasteiger partial charge on any atom is 0.273 e. The zero-order valence-corrected chi connectivity index (χ0v) is 13.3. The van der Waals surface area contributed by atoms with Crippen LogP contribution in [0.3, 0.4) is 0 Å². The second-order valence-corrected chi connectivity index (χ2v) is 5.52. The molecule has 0 saturated carbocycles. The monoisotopic (exact) mass is 319 g/mol. The Hall–Kier alpha value is -2.19. The highest BCUT2D eigenvalue weighted by molar-refractivity contribution is 5.91. The van der Waals surface area contributed by atoms with E-state index in [0.29, 0.717) is 13.2 Å². The van der Waals surface area contributed by atoms with Crippen LogP contribution in [-0.2, 0) is 11.8 Å². The Morgan fingerprint density at radius 3 is 3.04 bits per heavy atom. The topological polar surface area (TPSA) is 85.4 Å². The number of nitrogens with zero attached hydrogens (tertiary/aromatic N) is 4. The maximum atomic E-state index is 12.0. The number of hydrogen-bond donors (Lipinski definition) is 1. The third-order valence-corrected chi connectivity index (χ3v) is 4.06. The summed E-state index contributed by atoms with van der Waals surface area (Å²) in [4.78, 5) is 14.4. The Morgan fingerprint density at radius 2 is 2.39 bits per heavy atom. The van der Waals surface area contributed by atoms with Gasteiger partial charge in [-0.3, -0.25) is 14.4 Å². The molecule has 2 atom stereocenters. The van der Waals surface area contributed by atoms with Crippen molar-refractivity contribution in [3.8, 4) is 0 Å². The van der Waals surface area contributed by atoms with E-state index in [1.807, 2.05) is 19.4 Å². The number of carbonyl (C=O) groups excluding carboxylic acids is 1. The summed E-state index contributed by atoms with van der Waals surface area (Å²) < 4.78 is 12.4. The van der Waals surface area contributed by atoms with Gasteiger partial charge in [-0.15, -0.1) is 0 Å². The quantitative estimate of drug-likeness (QED) is 0.868. The van der Waals surface area contributed by atoms with Crippen molar-refractivity contribution in [1.29, 1.82) is 0 Å². The molecule has 2 aromatic heterocycles. The molecule has 1 saturated heterocycles. The molecule has 1 N–H and O–H groups in total. The van der Waals surface area contributed by atoms with E-state index >= 15 is 0 Å². The molecular formula is C15H21N5O3. The van der Waals surface area contributed by atoms with Gasteiger partial charge in [0, 0.05) is 38.0 Å². The van der Waals surface area contributed by atoms with Crippen LogP contribution in [-0.4, -0.2) is 58.1 Å². The Balaban J connectivity index is 1.71. The van der Waals surface area contributed by atoms with Gasteiger partial charge >= 0.3 is 0 Å². The average molecular weight is 319 g/mol. The van der Waals surface area contributed by atoms with E-state index in [1.165, 1.54) is 12.3 Å². The van der Waals surface area contributed by atoms with E-state index in [2.05, 4.69) is 27.4 Å². The molecule has 0 unspecified atom stereocenters. The zero-order valence-electron chi connectivity index (χ0n) is 13.3. The molecule has 1 fully saturated rings. The number of nitrogens with one attached hydrogen (secondary N) is 1. The smallest absolute Gasteiger partial charge is 0.273 e. The summed E-state index contributed by atoms with van der Waals surface area (Å²) in [5.41, 5.74) is 1.36. The summed E-state index contributed by atoms with van der Waals surface area (Å²) in [5.74, 6) is -0.263. The summed E-state index contributed by atoms with van der Waals surface area (Å²) in [7, 11) is 1.89. The summed E-state index contributed by atoms with van der Waals surface area (Å²) >= 11 is 0. The lowest BCUT2D eigenvalue weighted by atomic mass is 10.0. The highest BCUT2D eigenvalue weighted by atomic mass is 16.5. The van der Waals surface area contributed by atoms with Gasteiger partial charge in [0.15, 0.2) is 5.69 Å². The molecule has 0 bridgehead atoms. The first kappa shape index (κ1) is 15.7. The van der Waals surface area contributed by atoms with Crippen LogP contribution in [0.2, 0.25) is 0 Å². The normalized spacial score (nSPS) is 22.2. The summed E-state index contributed by atoms with van der Waals surface area (Å²) in [6.07, 6.45) is 5.09. The first-order valence-electron chi connectivity index (χ1n) is 7.71. The van der Waals surface area contributed by atoms with Gasteiger partial charge in [0.2, 0.25) is 0 Å². The van der Waals surface area contributed by atoms with Gasteiger partial charge in [-0.05, 0) is 6.54 Å². The van der Waals surface area contributed by atoms with Crippen molar-refractivity contribution < 1.29 is 14.1 Å². The highest BCUT2D eigenvalue weighted by Gasteiger charge is 2.34. The minimum atomic E-state index is -0.263. The molecule has 3 heterocycles. The second-order valence-electron chi connectivity index (χ2n) is 5.52. The van der Waals surface area contributed by atoms with Crippen molar-refractivity contribution in [1.82, 2.24) is 25.2 Å². The first-order valence-corrected chi connectivity index (χ1v) is 7.71. The predicted molar refractivity (Wildman–Crippen MR) is 81.8 cm³/mol. The molecule has 0 radical (unpaired) electrons. The van der Waals surface area contributed by atoms with Gasteiger partial charge in [0.1, 0.15) is 6.26 Å². The number of ether oxygens (including phenoxy) is 1. The fraction of sp³-hybridized carbons (Fsp3) is 0.533. The van der Waals surface area contributed by atoms with E-state index in [1.54, 1.807) is 4.68 Å². The summed E-state index contributed by atoms with van der Waals surface area (Å²) in [5, 5.41) is 10.8. The van der Waals surface area contributed by atoms with Gasteiger partial charge in [-0.25, -0.2) is 0 Å². The third kappa shape index (κ3) is 3.43. The van der Waals surface area contributed by atoms with Crippen LogP contribution < -0.4 is 5.32 Å². The number of carbonyl (C=O) groups is 1. The van der Waals surface area contributed by atoms with Crippen molar-refractivity contribution in [3.05, 3.63) is 36.0 Å². The van der Waals surface area contributed by atoms with Crippen LogP contribution in [0.4, 0.5) is 0 Å². The van der Waals surface area contributed by atoms with Crippen LogP contribution in [0.1, 0.15) is 29.0 Å². The minimum absolute atomic E-state index is 0.0695. The molecule has 2 aromatic rings. The van der Waals surface area contributed by atoms with Crippen molar-refractivity contribution in [3.63, 3.8) is 0 Å². The lowest BCUT2D eigenvalue weighted by Gasteiger charge is -2.40. The number of rotatable bonds is 5. The molecule has 1 aliphatic heterocycles. The van der Waals surface area contributed by atoms with Crippen molar-refractivity contribution in [2.24, 2.45) is 7.05 Å². The lowest BCUT2D eigenvalue weighted by Crippen LogP contribution is -2.49. The average Bonchev–Trinajstić information content (AvgIpc) is 3.23. The van der Waals surface area contributed by atoms with Crippen LogP contribution in [0.5, 0.6) is 0 Å². The third-order valence-electron chi connectivity index (χ3n) is 4.06. The van der Waals surface area contributed by atoms with Crippen molar-refractivity contribution in [2.45, 2.75) is 19.1 Å². The molecule has 3 rings (SSSR count). The first-order chi connectivity index (χ1) is 11.2. The number of aryl methyl sites for hydroxylation is 1. The van der Waals surface area contributed by atoms with Crippen LogP contribution in [0, 0.1) is 0 Å². The second kappa shape index (κ2) is 6.93. The van der Waals surface area contributed by atoms with Crippen molar-refractivity contribution in [2.75, 3.05) is 26.2 Å². The predicted octanol–water partition coefficient (Wildman–Crippen LogP) is 0.600. The van der Waals surface area contributed by atoms with Gasteiger partial charge in [-0.2, -0.15) is 5.10 Å². The zero-order chi connectivity index (χ0) is 16.2. The number of aromatic nitrogens is 3. The lowest BCUT2D eigenvalue weighted by molar-refractivity contribution is -0.0685. The Labute approximate surface area is 134 Å². The fourth-order valence-electron chi connectivity index (χ4n) is 2.94. The Bertz CT molecular complexity index is 639. The SMILES string of the molecule is CCN1CCO[C@@H](CNC(=O)c2ccon2)[C@@H]1c1cnn(C)c1. The molecule has 1 aliphatic rings. The fourth-order valence-corrected chi connectivity index (χ4v) is 2.94. The highest BCUT2D eigenvalue weighted by Crippen LogP contribution is 2.28. The molecule has 0 spiro atoms. The van der Waals surface area contributed by atoms with Crippen LogP contribution in [0.15, 0.2) is 29.2 Å².